The number of hydrogen-bond donors (Lipinski definition) is 0. The highest BCUT2D eigenvalue weighted by molar-refractivity contribution is 5.94. The van der Waals surface area contributed by atoms with Crippen LogP contribution in [0.3, 0.4) is 0 Å². The van der Waals surface area contributed by atoms with Gasteiger partial charge in [0.1, 0.15) is 0 Å². The Balaban J connectivity index is 2.48. The van der Waals surface area contributed by atoms with E-state index in [0.29, 0.717) is 5.56 Å². The number of rotatable bonds is 1. The van der Waals surface area contributed by atoms with Crippen molar-refractivity contribution >= 4 is 11.4 Å². The van der Waals surface area contributed by atoms with Crippen LogP contribution in [0, 0.1) is 0 Å². The minimum atomic E-state index is 0.00806. The van der Waals surface area contributed by atoms with Crippen LogP contribution in [-0.2, 0) is 0 Å². The van der Waals surface area contributed by atoms with Gasteiger partial charge in [-0.3, -0.25) is 4.79 Å². The summed E-state index contributed by atoms with van der Waals surface area (Å²) < 4.78 is 1.73. The summed E-state index contributed by atoms with van der Waals surface area (Å²) in [6.45, 7) is 0. The first-order valence-electron chi connectivity index (χ1n) is 4.33. The van der Waals surface area contributed by atoms with E-state index in [-0.39, 0.29) is 5.91 Å². The SMILES string of the molecule is CN(C)C(=O)c1ccn2nccc2c1. The van der Waals surface area contributed by atoms with Gasteiger partial charge in [-0.05, 0) is 18.2 Å². The second-order valence-corrected chi connectivity index (χ2v) is 3.32. The molecular formula is C10H11N3O. The van der Waals surface area contributed by atoms with E-state index in [1.54, 1.807) is 42.0 Å². The maximum atomic E-state index is 11.6. The predicted molar refractivity (Wildman–Crippen MR) is 53.2 cm³/mol. The Morgan fingerprint density at radius 1 is 1.43 bits per heavy atom. The van der Waals surface area contributed by atoms with Crippen molar-refractivity contribution in [1.82, 2.24) is 14.5 Å². The Morgan fingerprint density at radius 2 is 2.21 bits per heavy atom. The van der Waals surface area contributed by atoms with Crippen molar-refractivity contribution in [2.24, 2.45) is 0 Å². The molecule has 0 radical (unpaired) electrons. The van der Waals surface area contributed by atoms with Gasteiger partial charge in [-0.2, -0.15) is 5.10 Å². The van der Waals surface area contributed by atoms with Gasteiger partial charge in [0.25, 0.3) is 5.91 Å². The lowest BCUT2D eigenvalue weighted by Crippen LogP contribution is -2.21. The van der Waals surface area contributed by atoms with Crippen molar-refractivity contribution in [1.29, 1.82) is 0 Å². The van der Waals surface area contributed by atoms with Gasteiger partial charge in [0.15, 0.2) is 0 Å². The summed E-state index contributed by atoms with van der Waals surface area (Å²) in [6.07, 6.45) is 3.49. The molecule has 0 saturated carbocycles. The highest BCUT2D eigenvalue weighted by Crippen LogP contribution is 2.07. The number of pyridine rings is 1. The fourth-order valence-corrected chi connectivity index (χ4v) is 1.31. The number of amides is 1. The van der Waals surface area contributed by atoms with Crippen molar-refractivity contribution in [3.63, 3.8) is 0 Å². The molecule has 1 amide bonds. The summed E-state index contributed by atoms with van der Waals surface area (Å²) in [4.78, 5) is 13.2. The van der Waals surface area contributed by atoms with Crippen molar-refractivity contribution < 1.29 is 4.79 Å². The van der Waals surface area contributed by atoms with E-state index in [9.17, 15) is 4.79 Å². The molecule has 0 aromatic carbocycles. The summed E-state index contributed by atoms with van der Waals surface area (Å²) in [6, 6.07) is 5.46. The molecule has 0 atom stereocenters. The lowest BCUT2D eigenvalue weighted by atomic mass is 10.2. The molecule has 0 aliphatic carbocycles. The molecule has 0 N–H and O–H groups in total. The van der Waals surface area contributed by atoms with Crippen molar-refractivity contribution in [3.8, 4) is 0 Å². The zero-order valence-electron chi connectivity index (χ0n) is 8.14. The smallest absolute Gasteiger partial charge is 0.253 e. The van der Waals surface area contributed by atoms with Crippen LogP contribution in [0.15, 0.2) is 30.6 Å². The molecule has 4 heteroatoms. The van der Waals surface area contributed by atoms with Gasteiger partial charge in [0, 0.05) is 32.1 Å². The van der Waals surface area contributed by atoms with E-state index in [0.717, 1.165) is 5.52 Å². The molecule has 2 aromatic heterocycles. The zero-order chi connectivity index (χ0) is 10.1. The van der Waals surface area contributed by atoms with Crippen LogP contribution in [-0.4, -0.2) is 34.5 Å². The number of nitrogens with zero attached hydrogens (tertiary/aromatic N) is 3. The Bertz CT molecular complexity index is 473. The first kappa shape index (κ1) is 8.74. The van der Waals surface area contributed by atoms with Crippen LogP contribution in [0.4, 0.5) is 0 Å². The highest BCUT2D eigenvalue weighted by atomic mass is 16.2. The van der Waals surface area contributed by atoms with E-state index in [1.165, 1.54) is 0 Å². The fourth-order valence-electron chi connectivity index (χ4n) is 1.31. The van der Waals surface area contributed by atoms with E-state index in [2.05, 4.69) is 5.10 Å². The molecule has 2 heterocycles. The number of fused-ring (bicyclic) bond motifs is 1. The summed E-state index contributed by atoms with van der Waals surface area (Å²) in [7, 11) is 3.48. The maximum Gasteiger partial charge on any atom is 0.253 e. The average Bonchev–Trinajstić information content (AvgIpc) is 2.62. The summed E-state index contributed by atoms with van der Waals surface area (Å²) in [5, 5.41) is 4.06. The molecule has 0 bridgehead atoms. The lowest BCUT2D eigenvalue weighted by molar-refractivity contribution is 0.0827. The van der Waals surface area contributed by atoms with Crippen LogP contribution in [0.25, 0.3) is 5.52 Å². The van der Waals surface area contributed by atoms with E-state index < -0.39 is 0 Å². The second kappa shape index (κ2) is 3.14. The van der Waals surface area contributed by atoms with E-state index in [1.807, 2.05) is 12.1 Å². The normalized spacial score (nSPS) is 10.4. The molecule has 0 unspecified atom stereocenters. The largest absolute Gasteiger partial charge is 0.345 e. The van der Waals surface area contributed by atoms with Gasteiger partial charge in [0.2, 0.25) is 0 Å². The summed E-state index contributed by atoms with van der Waals surface area (Å²) in [5.74, 6) is 0.00806. The fraction of sp³-hybridized carbons (Fsp3) is 0.200. The molecule has 0 fully saturated rings. The molecule has 0 saturated heterocycles. The first-order valence-corrected chi connectivity index (χ1v) is 4.33. The molecule has 4 nitrogen and oxygen atoms in total. The summed E-state index contributed by atoms with van der Waals surface area (Å²) >= 11 is 0. The van der Waals surface area contributed by atoms with Gasteiger partial charge in [0.05, 0.1) is 5.52 Å². The Labute approximate surface area is 81.8 Å². The number of carbonyl (C=O) groups is 1. The van der Waals surface area contributed by atoms with Crippen LogP contribution < -0.4 is 0 Å². The van der Waals surface area contributed by atoms with Gasteiger partial charge in [-0.25, -0.2) is 4.52 Å². The van der Waals surface area contributed by atoms with Crippen molar-refractivity contribution in [2.45, 2.75) is 0 Å². The van der Waals surface area contributed by atoms with Crippen LogP contribution >= 0.6 is 0 Å². The van der Waals surface area contributed by atoms with Crippen molar-refractivity contribution in [3.05, 3.63) is 36.2 Å². The summed E-state index contributed by atoms with van der Waals surface area (Å²) in [5.41, 5.74) is 1.61. The quantitative estimate of drug-likeness (QED) is 0.672. The molecular weight excluding hydrogens is 178 g/mol. The molecule has 2 aromatic rings. The lowest BCUT2D eigenvalue weighted by Gasteiger charge is -2.09. The van der Waals surface area contributed by atoms with Crippen molar-refractivity contribution in [2.75, 3.05) is 14.1 Å². The minimum absolute atomic E-state index is 0.00806. The van der Waals surface area contributed by atoms with Gasteiger partial charge < -0.3 is 4.90 Å². The number of carbonyl (C=O) groups excluding carboxylic acids is 1. The molecule has 14 heavy (non-hydrogen) atoms. The number of aromatic nitrogens is 2. The average molecular weight is 189 g/mol. The molecule has 0 spiro atoms. The minimum Gasteiger partial charge on any atom is -0.345 e. The van der Waals surface area contributed by atoms with Gasteiger partial charge >= 0.3 is 0 Å². The van der Waals surface area contributed by atoms with Gasteiger partial charge in [-0.1, -0.05) is 0 Å². The molecule has 72 valence electrons. The monoisotopic (exact) mass is 189 g/mol. The molecule has 0 aliphatic rings. The van der Waals surface area contributed by atoms with Crippen LogP contribution in [0.1, 0.15) is 10.4 Å². The predicted octanol–water partition coefficient (Wildman–Crippen LogP) is 1.04. The Hall–Kier alpha value is -1.84. The third-order valence-electron chi connectivity index (χ3n) is 2.05. The van der Waals surface area contributed by atoms with E-state index in [4.69, 9.17) is 0 Å². The van der Waals surface area contributed by atoms with E-state index >= 15 is 0 Å². The van der Waals surface area contributed by atoms with Gasteiger partial charge in [-0.15, -0.1) is 0 Å². The Morgan fingerprint density at radius 3 is 2.93 bits per heavy atom. The van der Waals surface area contributed by atoms with Crippen LogP contribution in [0.5, 0.6) is 0 Å². The third kappa shape index (κ3) is 1.35. The second-order valence-electron chi connectivity index (χ2n) is 3.32. The standard InChI is InChI=1S/C10H11N3O/c1-12(2)10(14)8-4-6-13-9(7-8)3-5-11-13/h3-7H,1-2H3. The molecule has 0 aliphatic heterocycles. The van der Waals surface area contributed by atoms with Crippen LogP contribution in [0.2, 0.25) is 0 Å². The Kier molecular flexibility index (Phi) is 1.96. The molecule has 2 rings (SSSR count). The third-order valence-corrected chi connectivity index (χ3v) is 2.05. The topological polar surface area (TPSA) is 37.6 Å². The zero-order valence-corrected chi connectivity index (χ0v) is 8.14. The maximum absolute atomic E-state index is 11.6. The number of hydrogen-bond acceptors (Lipinski definition) is 2. The first-order chi connectivity index (χ1) is 6.68. The highest BCUT2D eigenvalue weighted by Gasteiger charge is 2.07.